The first kappa shape index (κ1) is 27.3. The van der Waals surface area contributed by atoms with Crippen molar-refractivity contribution in [3.05, 3.63) is 84.8 Å². The molecule has 2 aliphatic carbocycles. The SMILES string of the molecule is CN1C2=C(C(=O)CC(C)(C)C2)C(c2cc(Br)c(OCc3cccc(F)c3)c(Br)c2)C2=C1CC(C)(C)CC2=O. The average Bonchev–Trinajstić information content (AvgIpc) is 2.78. The molecule has 0 radical (unpaired) electrons. The van der Waals surface area contributed by atoms with Crippen LogP contribution in [0.4, 0.5) is 4.39 Å². The standard InChI is InChI=1S/C31H32Br2FNO3/c1-30(2)12-22-27(24(36)14-30)26(28-23(35(22)5)13-31(3,4)15-25(28)37)18-10-20(32)29(21(33)11-18)38-16-17-7-6-8-19(34)9-17/h6-11,26H,12-16H2,1-5H3. The smallest absolute Gasteiger partial charge is 0.162 e. The van der Waals surface area contributed by atoms with Crippen LogP contribution in [0.15, 0.2) is 67.9 Å². The van der Waals surface area contributed by atoms with Gasteiger partial charge in [0, 0.05) is 48.3 Å². The zero-order valence-corrected chi connectivity index (χ0v) is 25.6. The number of benzene rings is 2. The van der Waals surface area contributed by atoms with Crippen LogP contribution in [0.25, 0.3) is 0 Å². The van der Waals surface area contributed by atoms with Crippen molar-refractivity contribution in [2.45, 2.75) is 65.9 Å². The molecule has 7 heteroatoms. The molecule has 0 saturated heterocycles. The van der Waals surface area contributed by atoms with Gasteiger partial charge in [-0.2, -0.15) is 0 Å². The molecule has 4 nitrogen and oxygen atoms in total. The van der Waals surface area contributed by atoms with E-state index in [2.05, 4.69) is 64.5 Å². The van der Waals surface area contributed by atoms with Crippen molar-refractivity contribution in [2.75, 3.05) is 7.05 Å². The van der Waals surface area contributed by atoms with Crippen molar-refractivity contribution in [2.24, 2.45) is 10.8 Å². The first-order valence-electron chi connectivity index (χ1n) is 12.9. The van der Waals surface area contributed by atoms with Gasteiger partial charge in [0.15, 0.2) is 11.6 Å². The van der Waals surface area contributed by atoms with Crippen LogP contribution in [0.3, 0.4) is 0 Å². The monoisotopic (exact) mass is 643 g/mol. The summed E-state index contributed by atoms with van der Waals surface area (Å²) in [4.78, 5) is 29.6. The van der Waals surface area contributed by atoms with Crippen LogP contribution < -0.4 is 4.74 Å². The van der Waals surface area contributed by atoms with Crippen LogP contribution in [0.5, 0.6) is 5.75 Å². The molecule has 0 aromatic heterocycles. The summed E-state index contributed by atoms with van der Waals surface area (Å²) in [7, 11) is 2.01. The number of hydrogen-bond acceptors (Lipinski definition) is 4. The maximum Gasteiger partial charge on any atom is 0.162 e. The molecule has 0 unspecified atom stereocenters. The van der Waals surface area contributed by atoms with Crippen molar-refractivity contribution in [1.82, 2.24) is 4.90 Å². The number of ether oxygens (including phenoxy) is 1. The first-order valence-corrected chi connectivity index (χ1v) is 14.5. The minimum absolute atomic E-state index is 0.107. The van der Waals surface area contributed by atoms with Gasteiger partial charge in [-0.15, -0.1) is 0 Å². The number of hydrogen-bond donors (Lipinski definition) is 0. The van der Waals surface area contributed by atoms with Gasteiger partial charge >= 0.3 is 0 Å². The second-order valence-electron chi connectivity index (χ2n) is 12.3. The number of rotatable bonds is 4. The molecular formula is C31H32Br2FNO3. The lowest BCUT2D eigenvalue weighted by Crippen LogP contribution is -2.43. The molecule has 1 heterocycles. The second kappa shape index (κ2) is 9.74. The normalized spacial score (nSPS) is 21.0. The van der Waals surface area contributed by atoms with Gasteiger partial charge in [0.1, 0.15) is 18.2 Å². The summed E-state index contributed by atoms with van der Waals surface area (Å²) in [6.45, 7) is 8.74. The van der Waals surface area contributed by atoms with Gasteiger partial charge < -0.3 is 9.64 Å². The Hall–Kier alpha value is -2.25. The van der Waals surface area contributed by atoms with E-state index in [9.17, 15) is 14.0 Å². The van der Waals surface area contributed by atoms with Crippen LogP contribution >= 0.6 is 31.9 Å². The zero-order chi connectivity index (χ0) is 27.6. The van der Waals surface area contributed by atoms with Crippen molar-refractivity contribution in [1.29, 1.82) is 0 Å². The maximum atomic E-state index is 13.7. The summed E-state index contributed by atoms with van der Waals surface area (Å²) in [6, 6.07) is 10.2. The van der Waals surface area contributed by atoms with E-state index in [1.54, 1.807) is 6.07 Å². The number of nitrogens with zero attached hydrogens (tertiary/aromatic N) is 1. The lowest BCUT2D eigenvalue weighted by atomic mass is 9.64. The van der Waals surface area contributed by atoms with Gasteiger partial charge in [-0.05, 0) is 90.9 Å². The van der Waals surface area contributed by atoms with Gasteiger partial charge in [-0.3, -0.25) is 9.59 Å². The van der Waals surface area contributed by atoms with Gasteiger partial charge in [0.2, 0.25) is 0 Å². The molecule has 0 N–H and O–H groups in total. The second-order valence-corrected chi connectivity index (χ2v) is 14.0. The largest absolute Gasteiger partial charge is 0.487 e. The van der Waals surface area contributed by atoms with Gasteiger partial charge in [-0.25, -0.2) is 4.39 Å². The third kappa shape index (κ3) is 5.04. The summed E-state index contributed by atoms with van der Waals surface area (Å²) < 4.78 is 21.1. The molecule has 200 valence electrons. The number of ketones is 2. The molecule has 0 fully saturated rings. The topological polar surface area (TPSA) is 46.6 Å². The van der Waals surface area contributed by atoms with E-state index in [-0.39, 0.29) is 34.8 Å². The zero-order valence-electron chi connectivity index (χ0n) is 22.4. The Morgan fingerprint density at radius 1 is 0.895 bits per heavy atom. The quantitative estimate of drug-likeness (QED) is 0.336. The molecule has 5 rings (SSSR count). The molecule has 0 amide bonds. The van der Waals surface area contributed by atoms with E-state index < -0.39 is 5.92 Å². The fourth-order valence-electron chi connectivity index (χ4n) is 6.16. The molecule has 0 bridgehead atoms. The molecule has 2 aromatic rings. The summed E-state index contributed by atoms with van der Waals surface area (Å²) in [6.07, 6.45) is 2.47. The highest BCUT2D eigenvalue weighted by Gasteiger charge is 2.48. The van der Waals surface area contributed by atoms with Crippen molar-refractivity contribution >= 4 is 43.4 Å². The summed E-state index contributed by atoms with van der Waals surface area (Å²) in [5.74, 6) is 0.0670. The number of carbonyl (C=O) groups excluding carboxylic acids is 2. The van der Waals surface area contributed by atoms with Crippen LogP contribution in [-0.2, 0) is 16.2 Å². The van der Waals surface area contributed by atoms with Gasteiger partial charge in [0.25, 0.3) is 0 Å². The van der Waals surface area contributed by atoms with E-state index in [0.717, 1.165) is 46.5 Å². The Bertz CT molecular complexity index is 1340. The summed E-state index contributed by atoms with van der Waals surface area (Å²) in [5.41, 5.74) is 4.85. The Morgan fingerprint density at radius 2 is 1.42 bits per heavy atom. The van der Waals surface area contributed by atoms with Gasteiger partial charge in [0.05, 0.1) is 8.95 Å². The Kier molecular flexibility index (Phi) is 7.00. The van der Waals surface area contributed by atoms with Crippen LogP contribution in [0.1, 0.15) is 70.4 Å². The minimum atomic E-state index is -0.423. The van der Waals surface area contributed by atoms with E-state index in [1.807, 2.05) is 25.2 Å². The molecule has 38 heavy (non-hydrogen) atoms. The number of allylic oxidation sites excluding steroid dienone is 4. The molecular weight excluding hydrogens is 613 g/mol. The lowest BCUT2D eigenvalue weighted by molar-refractivity contribution is -0.119. The minimum Gasteiger partial charge on any atom is -0.487 e. The van der Waals surface area contributed by atoms with E-state index in [1.165, 1.54) is 12.1 Å². The summed E-state index contributed by atoms with van der Waals surface area (Å²) >= 11 is 7.33. The molecule has 2 aromatic carbocycles. The van der Waals surface area contributed by atoms with E-state index >= 15 is 0 Å². The third-order valence-corrected chi connectivity index (χ3v) is 8.98. The fourth-order valence-corrected chi connectivity index (χ4v) is 7.62. The maximum absolute atomic E-state index is 13.7. The fraction of sp³-hybridized carbons (Fsp3) is 0.419. The highest BCUT2D eigenvalue weighted by molar-refractivity contribution is 9.11. The average molecular weight is 645 g/mol. The molecule has 0 saturated carbocycles. The Morgan fingerprint density at radius 3 is 1.92 bits per heavy atom. The number of Topliss-reactive ketones (excluding diaryl/α,β-unsaturated/α-hetero) is 2. The molecule has 0 atom stereocenters. The Labute approximate surface area is 240 Å². The summed E-state index contributed by atoms with van der Waals surface area (Å²) in [5, 5.41) is 0. The van der Waals surface area contributed by atoms with Crippen molar-refractivity contribution in [3.63, 3.8) is 0 Å². The molecule has 3 aliphatic rings. The third-order valence-electron chi connectivity index (χ3n) is 7.81. The van der Waals surface area contributed by atoms with Crippen LogP contribution in [0, 0.1) is 16.6 Å². The van der Waals surface area contributed by atoms with Gasteiger partial charge in [-0.1, -0.05) is 39.8 Å². The highest BCUT2D eigenvalue weighted by Crippen LogP contribution is 2.54. The number of carbonyl (C=O) groups is 2. The first-order chi connectivity index (χ1) is 17.8. The molecule has 0 spiro atoms. The van der Waals surface area contributed by atoms with Crippen molar-refractivity contribution < 1.29 is 18.7 Å². The van der Waals surface area contributed by atoms with Crippen LogP contribution in [-0.4, -0.2) is 23.5 Å². The predicted molar refractivity (Wildman–Crippen MR) is 153 cm³/mol. The van der Waals surface area contributed by atoms with E-state index in [4.69, 9.17) is 4.74 Å². The number of halogens is 3. The Balaban J connectivity index is 1.60. The lowest BCUT2D eigenvalue weighted by Gasteiger charge is -2.48. The molecule has 1 aliphatic heterocycles. The van der Waals surface area contributed by atoms with Crippen LogP contribution in [0.2, 0.25) is 0 Å². The van der Waals surface area contributed by atoms with Crippen molar-refractivity contribution in [3.8, 4) is 5.75 Å². The van der Waals surface area contributed by atoms with E-state index in [0.29, 0.717) is 27.5 Å². The highest BCUT2D eigenvalue weighted by atomic mass is 79.9. The predicted octanol–water partition coefficient (Wildman–Crippen LogP) is 8.25.